The van der Waals surface area contributed by atoms with Crippen LogP contribution in [0.4, 0.5) is 11.5 Å². The quantitative estimate of drug-likeness (QED) is 0.617. The minimum Gasteiger partial charge on any atom is -0.351 e. The van der Waals surface area contributed by atoms with Crippen LogP contribution in [-0.4, -0.2) is 44.2 Å². The van der Waals surface area contributed by atoms with Crippen LogP contribution in [0.2, 0.25) is 0 Å². The molecule has 2 aliphatic rings. The molecule has 1 unspecified atom stereocenters. The number of anilines is 2. The molecule has 0 spiro atoms. The summed E-state index contributed by atoms with van der Waals surface area (Å²) in [6.45, 7) is 3.63. The van der Waals surface area contributed by atoms with Crippen LogP contribution >= 0.6 is 0 Å². The Hall–Kier alpha value is -2.97. The van der Waals surface area contributed by atoms with E-state index < -0.39 is 9.84 Å². The summed E-state index contributed by atoms with van der Waals surface area (Å²) in [5.41, 5.74) is 3.32. The Balaban J connectivity index is 1.54. The van der Waals surface area contributed by atoms with E-state index in [2.05, 4.69) is 10.6 Å². The summed E-state index contributed by atoms with van der Waals surface area (Å²) in [6, 6.07) is 14.8. The van der Waals surface area contributed by atoms with E-state index in [0.29, 0.717) is 29.5 Å². The number of fused-ring (bicyclic) bond motifs is 2. The van der Waals surface area contributed by atoms with Crippen LogP contribution in [0.5, 0.6) is 0 Å². The van der Waals surface area contributed by atoms with Crippen LogP contribution in [0.15, 0.2) is 53.4 Å². The second-order valence-corrected chi connectivity index (χ2v) is 11.0. The van der Waals surface area contributed by atoms with Crippen molar-refractivity contribution in [1.29, 1.82) is 0 Å². The number of benzene rings is 2. The fourth-order valence-electron chi connectivity index (χ4n) is 4.64. The average molecular weight is 465 g/mol. The van der Waals surface area contributed by atoms with Crippen molar-refractivity contribution in [3.05, 3.63) is 59.7 Å². The van der Waals surface area contributed by atoms with Gasteiger partial charge in [-0.3, -0.25) is 4.79 Å². The molecule has 8 heteroatoms. The summed E-state index contributed by atoms with van der Waals surface area (Å²) in [5, 5.41) is 7.31. The summed E-state index contributed by atoms with van der Waals surface area (Å²) in [5.74, 6) is 0.634. The predicted molar refractivity (Wildman–Crippen MR) is 130 cm³/mol. The zero-order valence-electron chi connectivity index (χ0n) is 18.7. The summed E-state index contributed by atoms with van der Waals surface area (Å²) >= 11 is 0. The first-order valence-corrected chi connectivity index (χ1v) is 13.1. The van der Waals surface area contributed by atoms with Crippen LogP contribution in [0.3, 0.4) is 0 Å². The molecule has 5 rings (SSSR count). The zero-order chi connectivity index (χ0) is 23.0. The normalized spacial score (nSPS) is 20.2. The number of nitrogens with one attached hydrogen (secondary N) is 2. The average Bonchev–Trinajstić information content (AvgIpc) is 2.96. The summed E-state index contributed by atoms with van der Waals surface area (Å²) in [4.78, 5) is 20.2. The van der Waals surface area contributed by atoms with Gasteiger partial charge in [-0.2, -0.15) is 0 Å². The largest absolute Gasteiger partial charge is 0.351 e. The Morgan fingerprint density at radius 3 is 2.82 bits per heavy atom. The Labute approximate surface area is 194 Å². The number of rotatable bonds is 3. The third-order valence-electron chi connectivity index (χ3n) is 6.46. The van der Waals surface area contributed by atoms with Crippen molar-refractivity contribution in [1.82, 2.24) is 10.3 Å². The lowest BCUT2D eigenvalue weighted by Crippen LogP contribution is -2.43. The van der Waals surface area contributed by atoms with E-state index in [1.807, 2.05) is 48.2 Å². The Kier molecular flexibility index (Phi) is 5.80. The van der Waals surface area contributed by atoms with Crippen molar-refractivity contribution in [3.63, 3.8) is 0 Å². The fraction of sp³-hybridized carbons (Fsp3) is 0.360. The number of amides is 1. The first kappa shape index (κ1) is 21.9. The van der Waals surface area contributed by atoms with E-state index in [9.17, 15) is 13.2 Å². The highest BCUT2D eigenvalue weighted by Crippen LogP contribution is 2.31. The van der Waals surface area contributed by atoms with Gasteiger partial charge in [-0.25, -0.2) is 13.4 Å². The first-order valence-electron chi connectivity index (χ1n) is 11.4. The molecular formula is C25H28N4O3S. The second-order valence-electron chi connectivity index (χ2n) is 8.89. The van der Waals surface area contributed by atoms with Gasteiger partial charge in [-0.1, -0.05) is 36.2 Å². The smallest absolute Gasteiger partial charge is 0.241 e. The number of hydrogen-bond donors (Lipinski definition) is 2. The van der Waals surface area contributed by atoms with E-state index in [-0.39, 0.29) is 17.7 Å². The van der Waals surface area contributed by atoms with Gasteiger partial charge in [0.25, 0.3) is 0 Å². The maximum absolute atomic E-state index is 13.0. The van der Waals surface area contributed by atoms with Crippen molar-refractivity contribution >= 4 is 38.2 Å². The molecule has 2 N–H and O–H groups in total. The molecule has 0 saturated carbocycles. The maximum Gasteiger partial charge on any atom is 0.241 e. The maximum atomic E-state index is 13.0. The number of carbonyl (C=O) groups is 1. The van der Waals surface area contributed by atoms with Gasteiger partial charge in [0.2, 0.25) is 5.91 Å². The van der Waals surface area contributed by atoms with Gasteiger partial charge in [0.15, 0.2) is 9.84 Å². The molecule has 2 aromatic carbocycles. The minimum atomic E-state index is -3.36. The number of sulfone groups is 1. The molecule has 33 heavy (non-hydrogen) atoms. The van der Waals surface area contributed by atoms with Crippen molar-refractivity contribution in [2.24, 2.45) is 0 Å². The van der Waals surface area contributed by atoms with E-state index in [4.69, 9.17) is 4.98 Å². The molecule has 3 heterocycles. The Morgan fingerprint density at radius 1 is 1.15 bits per heavy atom. The highest BCUT2D eigenvalue weighted by Gasteiger charge is 2.27. The van der Waals surface area contributed by atoms with Gasteiger partial charge < -0.3 is 15.5 Å². The Morgan fingerprint density at radius 2 is 2.00 bits per heavy atom. The van der Waals surface area contributed by atoms with Crippen LogP contribution in [-0.2, 0) is 21.2 Å². The van der Waals surface area contributed by atoms with Crippen LogP contribution in [0, 0.1) is 6.92 Å². The van der Waals surface area contributed by atoms with Gasteiger partial charge in [0.1, 0.15) is 5.82 Å². The molecule has 172 valence electrons. The molecule has 1 aromatic heterocycles. The van der Waals surface area contributed by atoms with Crippen molar-refractivity contribution in [2.45, 2.75) is 43.7 Å². The molecule has 1 saturated heterocycles. The molecule has 1 fully saturated rings. The van der Waals surface area contributed by atoms with Gasteiger partial charge in [0, 0.05) is 24.5 Å². The van der Waals surface area contributed by atoms with Crippen molar-refractivity contribution in [3.8, 4) is 0 Å². The SMILES string of the molecule is Cc1ccc2nc(N3CCS(=O)(=O)c4ccccc4C3)cc(NC(=O)C3CCCCN3)c2c1. The van der Waals surface area contributed by atoms with Crippen LogP contribution in [0.25, 0.3) is 10.9 Å². The van der Waals surface area contributed by atoms with Crippen LogP contribution < -0.4 is 15.5 Å². The topological polar surface area (TPSA) is 91.4 Å². The number of pyridine rings is 1. The molecule has 0 bridgehead atoms. The summed E-state index contributed by atoms with van der Waals surface area (Å²) in [7, 11) is -3.36. The molecule has 1 amide bonds. The molecular weight excluding hydrogens is 436 g/mol. The van der Waals surface area contributed by atoms with Gasteiger partial charge in [-0.15, -0.1) is 0 Å². The molecule has 1 atom stereocenters. The van der Waals surface area contributed by atoms with E-state index in [0.717, 1.165) is 47.8 Å². The molecule has 0 radical (unpaired) electrons. The third-order valence-corrected chi connectivity index (χ3v) is 8.25. The predicted octanol–water partition coefficient (Wildman–Crippen LogP) is 3.42. The summed E-state index contributed by atoms with van der Waals surface area (Å²) in [6.07, 6.45) is 2.94. The van der Waals surface area contributed by atoms with E-state index >= 15 is 0 Å². The number of aryl methyl sites for hydroxylation is 1. The lowest BCUT2D eigenvalue weighted by Gasteiger charge is -2.25. The zero-order valence-corrected chi connectivity index (χ0v) is 19.5. The van der Waals surface area contributed by atoms with E-state index in [1.54, 1.807) is 12.1 Å². The number of carbonyl (C=O) groups excluding carboxylic acids is 1. The Bertz CT molecular complexity index is 1320. The highest BCUT2D eigenvalue weighted by molar-refractivity contribution is 7.91. The summed E-state index contributed by atoms with van der Waals surface area (Å²) < 4.78 is 25.6. The van der Waals surface area contributed by atoms with Gasteiger partial charge in [0.05, 0.1) is 27.9 Å². The number of nitrogens with zero attached hydrogens (tertiary/aromatic N) is 2. The fourth-order valence-corrected chi connectivity index (χ4v) is 6.14. The van der Waals surface area contributed by atoms with Gasteiger partial charge >= 0.3 is 0 Å². The standard InChI is InChI=1S/C25H28N4O3S/c1-17-9-10-20-19(14-17)22(28-25(30)21-7-4-5-11-26-21)15-24(27-20)29-12-13-33(31,32)23-8-3-2-6-18(23)16-29/h2-3,6,8-10,14-15,21,26H,4-5,7,11-13,16H2,1H3,(H,27,28,30). The number of hydrogen-bond acceptors (Lipinski definition) is 6. The third kappa shape index (κ3) is 4.45. The number of aromatic nitrogens is 1. The van der Waals surface area contributed by atoms with Crippen molar-refractivity contribution < 1.29 is 13.2 Å². The van der Waals surface area contributed by atoms with Crippen LogP contribution in [0.1, 0.15) is 30.4 Å². The molecule has 2 aliphatic heterocycles. The number of piperidine rings is 1. The highest BCUT2D eigenvalue weighted by atomic mass is 32.2. The van der Waals surface area contributed by atoms with Crippen molar-refractivity contribution in [2.75, 3.05) is 29.1 Å². The molecule has 3 aromatic rings. The second kappa shape index (κ2) is 8.76. The monoisotopic (exact) mass is 464 g/mol. The van der Waals surface area contributed by atoms with E-state index in [1.165, 1.54) is 0 Å². The first-order chi connectivity index (χ1) is 15.9. The van der Waals surface area contributed by atoms with Gasteiger partial charge in [-0.05, 0) is 50.1 Å². The lowest BCUT2D eigenvalue weighted by atomic mass is 10.0. The minimum absolute atomic E-state index is 0.0192. The molecule has 0 aliphatic carbocycles. The lowest BCUT2D eigenvalue weighted by molar-refractivity contribution is -0.118. The molecule has 7 nitrogen and oxygen atoms in total.